The molecule has 2 aromatic rings. The van der Waals surface area contributed by atoms with Crippen molar-refractivity contribution in [2.45, 2.75) is 24.7 Å². The fourth-order valence-electron chi connectivity index (χ4n) is 1.67. The summed E-state index contributed by atoms with van der Waals surface area (Å²) >= 11 is 0. The molecule has 6 nitrogen and oxygen atoms in total. The average molecular weight is 280 g/mol. The minimum Gasteiger partial charge on any atom is -0.383 e. The van der Waals surface area contributed by atoms with E-state index in [2.05, 4.69) is 14.9 Å². The maximum Gasteiger partial charge on any atom is 0.267 e. The van der Waals surface area contributed by atoms with Crippen molar-refractivity contribution in [2.24, 2.45) is 0 Å². The van der Waals surface area contributed by atoms with Gasteiger partial charge in [-0.1, -0.05) is 26.0 Å². The van der Waals surface area contributed by atoms with Crippen LogP contribution in [0.3, 0.4) is 0 Å². The molecule has 0 spiro atoms. The second-order valence-electron chi connectivity index (χ2n) is 4.53. The Bertz CT molecular complexity index is 677. The van der Waals surface area contributed by atoms with Crippen LogP contribution in [-0.4, -0.2) is 18.6 Å². The van der Waals surface area contributed by atoms with Crippen LogP contribution >= 0.6 is 0 Å². The van der Waals surface area contributed by atoms with Gasteiger partial charge < -0.3 is 5.73 Å². The molecule has 0 radical (unpaired) electrons. The summed E-state index contributed by atoms with van der Waals surface area (Å²) in [6.45, 7) is 4.09. The lowest BCUT2D eigenvalue weighted by Gasteiger charge is -2.10. The number of benzene rings is 1. The van der Waals surface area contributed by atoms with E-state index in [1.165, 1.54) is 6.20 Å². The zero-order chi connectivity index (χ0) is 14.0. The summed E-state index contributed by atoms with van der Waals surface area (Å²) in [7, 11) is -3.71. The molecule has 0 unspecified atom stereocenters. The van der Waals surface area contributed by atoms with Gasteiger partial charge >= 0.3 is 0 Å². The van der Waals surface area contributed by atoms with Gasteiger partial charge in [-0.15, -0.1) is 0 Å². The molecule has 0 saturated carbocycles. The molecule has 0 saturated heterocycles. The third-order valence-corrected chi connectivity index (χ3v) is 4.14. The molecule has 19 heavy (non-hydrogen) atoms. The van der Waals surface area contributed by atoms with Crippen LogP contribution in [0.25, 0.3) is 0 Å². The zero-order valence-electron chi connectivity index (χ0n) is 10.7. The molecule has 1 aromatic heterocycles. The Labute approximate surface area is 112 Å². The summed E-state index contributed by atoms with van der Waals surface area (Å²) in [5.74, 6) is 0.343. The zero-order valence-corrected chi connectivity index (χ0v) is 11.5. The number of hydrogen-bond donors (Lipinski definition) is 3. The van der Waals surface area contributed by atoms with Crippen molar-refractivity contribution in [1.29, 1.82) is 0 Å². The van der Waals surface area contributed by atoms with Crippen molar-refractivity contribution < 1.29 is 8.42 Å². The van der Waals surface area contributed by atoms with Gasteiger partial charge in [0.15, 0.2) is 0 Å². The first kappa shape index (κ1) is 13.4. The Morgan fingerprint density at radius 3 is 2.68 bits per heavy atom. The number of aromatic nitrogens is 2. The molecule has 0 fully saturated rings. The van der Waals surface area contributed by atoms with E-state index < -0.39 is 10.0 Å². The Kier molecular flexibility index (Phi) is 3.48. The Morgan fingerprint density at radius 1 is 1.37 bits per heavy atom. The lowest BCUT2D eigenvalue weighted by molar-refractivity contribution is 0.601. The van der Waals surface area contributed by atoms with Crippen molar-refractivity contribution in [3.05, 3.63) is 36.0 Å². The maximum absolute atomic E-state index is 12.1. The van der Waals surface area contributed by atoms with Crippen LogP contribution in [0.2, 0.25) is 0 Å². The first-order chi connectivity index (χ1) is 8.90. The number of hydrogen-bond acceptors (Lipinski definition) is 4. The predicted molar refractivity (Wildman–Crippen MR) is 74.3 cm³/mol. The van der Waals surface area contributed by atoms with Crippen molar-refractivity contribution in [2.75, 3.05) is 10.5 Å². The minimum atomic E-state index is -3.71. The Hall–Kier alpha value is -2.02. The normalized spacial score (nSPS) is 11.7. The molecule has 0 bridgehead atoms. The molecule has 0 aliphatic carbocycles. The number of nitrogens with one attached hydrogen (secondary N) is 2. The molecule has 0 atom stereocenters. The summed E-state index contributed by atoms with van der Waals surface area (Å²) in [5.41, 5.74) is 7.08. The molecule has 1 aromatic carbocycles. The van der Waals surface area contributed by atoms with E-state index in [-0.39, 0.29) is 10.7 Å². The topological polar surface area (TPSA) is 101 Å². The van der Waals surface area contributed by atoms with Crippen LogP contribution in [0.5, 0.6) is 0 Å². The first-order valence-corrected chi connectivity index (χ1v) is 7.30. The van der Waals surface area contributed by atoms with E-state index in [1.54, 1.807) is 12.1 Å². The molecule has 0 aliphatic heterocycles. The summed E-state index contributed by atoms with van der Waals surface area (Å²) < 4.78 is 26.7. The van der Waals surface area contributed by atoms with Gasteiger partial charge in [-0.25, -0.2) is 8.42 Å². The van der Waals surface area contributed by atoms with Gasteiger partial charge in [-0.05, 0) is 23.6 Å². The van der Waals surface area contributed by atoms with Crippen LogP contribution in [0.15, 0.2) is 35.4 Å². The molecular weight excluding hydrogens is 264 g/mol. The smallest absolute Gasteiger partial charge is 0.267 e. The highest BCUT2D eigenvalue weighted by molar-refractivity contribution is 7.92. The number of anilines is 2. The van der Waals surface area contributed by atoms with Crippen LogP contribution in [0.4, 0.5) is 11.5 Å². The van der Waals surface area contributed by atoms with Crippen LogP contribution in [0, 0.1) is 0 Å². The third kappa shape index (κ3) is 2.87. The van der Waals surface area contributed by atoms with Gasteiger partial charge in [0, 0.05) is 5.69 Å². The number of sulfonamides is 1. The van der Waals surface area contributed by atoms with Crippen LogP contribution in [0.1, 0.15) is 25.3 Å². The molecule has 7 heteroatoms. The maximum atomic E-state index is 12.1. The number of aromatic amines is 1. The second-order valence-corrected chi connectivity index (χ2v) is 6.18. The highest BCUT2D eigenvalue weighted by atomic mass is 32.2. The molecule has 4 N–H and O–H groups in total. The number of nitrogens with zero attached hydrogens (tertiary/aromatic N) is 1. The summed E-state index contributed by atoms with van der Waals surface area (Å²) in [4.78, 5) is -0.0533. The van der Waals surface area contributed by atoms with Gasteiger partial charge in [0.05, 0.1) is 6.20 Å². The van der Waals surface area contributed by atoms with E-state index in [0.717, 1.165) is 5.56 Å². The molecule has 1 heterocycles. The van der Waals surface area contributed by atoms with Gasteiger partial charge in [-0.2, -0.15) is 5.10 Å². The summed E-state index contributed by atoms with van der Waals surface area (Å²) in [6.07, 6.45) is 1.18. The van der Waals surface area contributed by atoms with Gasteiger partial charge in [0.1, 0.15) is 10.7 Å². The molecule has 0 aliphatic rings. The van der Waals surface area contributed by atoms with Crippen molar-refractivity contribution in [3.63, 3.8) is 0 Å². The van der Waals surface area contributed by atoms with Crippen LogP contribution in [-0.2, 0) is 10.0 Å². The van der Waals surface area contributed by atoms with E-state index >= 15 is 0 Å². The lowest BCUT2D eigenvalue weighted by atomic mass is 10.0. The van der Waals surface area contributed by atoms with E-state index in [9.17, 15) is 8.42 Å². The van der Waals surface area contributed by atoms with Crippen molar-refractivity contribution in [3.8, 4) is 0 Å². The molecule has 102 valence electrons. The predicted octanol–water partition coefficient (Wildman–Crippen LogP) is 1.92. The standard InChI is InChI=1S/C12H16N4O2S/c1-8(2)9-4-3-5-10(6-9)16-19(17,18)11-7-14-15-12(11)13/h3-8,16H,1-2H3,(H3,13,14,15). The van der Waals surface area contributed by atoms with Gasteiger partial charge in [0.25, 0.3) is 10.0 Å². The number of nitrogen functional groups attached to an aromatic ring is 1. The third-order valence-electron chi connectivity index (χ3n) is 2.73. The number of H-pyrrole nitrogens is 1. The van der Waals surface area contributed by atoms with Crippen molar-refractivity contribution in [1.82, 2.24) is 10.2 Å². The summed E-state index contributed by atoms with van der Waals surface area (Å²) in [6, 6.07) is 7.26. The van der Waals surface area contributed by atoms with E-state index in [1.807, 2.05) is 26.0 Å². The average Bonchev–Trinajstić information content (AvgIpc) is 2.76. The summed E-state index contributed by atoms with van der Waals surface area (Å²) in [5, 5.41) is 6.00. The molecule has 2 rings (SSSR count). The lowest BCUT2D eigenvalue weighted by Crippen LogP contribution is -2.14. The highest BCUT2D eigenvalue weighted by Crippen LogP contribution is 2.22. The Morgan fingerprint density at radius 2 is 2.11 bits per heavy atom. The Balaban J connectivity index is 2.31. The van der Waals surface area contributed by atoms with Crippen molar-refractivity contribution >= 4 is 21.5 Å². The minimum absolute atomic E-state index is 0.0208. The highest BCUT2D eigenvalue weighted by Gasteiger charge is 2.19. The molecule has 0 amide bonds. The van der Waals surface area contributed by atoms with Crippen LogP contribution < -0.4 is 10.5 Å². The first-order valence-electron chi connectivity index (χ1n) is 5.82. The fraction of sp³-hybridized carbons (Fsp3) is 0.250. The quantitative estimate of drug-likeness (QED) is 0.796. The largest absolute Gasteiger partial charge is 0.383 e. The van der Waals surface area contributed by atoms with E-state index in [0.29, 0.717) is 11.6 Å². The monoisotopic (exact) mass is 280 g/mol. The second kappa shape index (κ2) is 4.93. The van der Waals surface area contributed by atoms with Gasteiger partial charge in [0.2, 0.25) is 0 Å². The van der Waals surface area contributed by atoms with E-state index in [4.69, 9.17) is 5.73 Å². The fourth-order valence-corrected chi connectivity index (χ4v) is 2.74. The SMILES string of the molecule is CC(C)c1cccc(NS(=O)(=O)c2cn[nH]c2N)c1. The number of rotatable bonds is 4. The van der Waals surface area contributed by atoms with Gasteiger partial charge in [-0.3, -0.25) is 9.82 Å². The number of nitrogens with two attached hydrogens (primary N) is 1. The molecular formula is C12H16N4O2S.